The van der Waals surface area contributed by atoms with E-state index in [1.807, 2.05) is 21.9 Å². The Balaban J connectivity index is 1.31. The minimum absolute atomic E-state index is 0.120. The van der Waals surface area contributed by atoms with Gasteiger partial charge in [-0.1, -0.05) is 42.5 Å². The van der Waals surface area contributed by atoms with Crippen molar-refractivity contribution in [1.29, 1.82) is 5.26 Å². The highest BCUT2D eigenvalue weighted by Gasteiger charge is 2.23. The molecule has 160 valence electrons. The molecule has 2 heterocycles. The van der Waals surface area contributed by atoms with Crippen molar-refractivity contribution in [3.05, 3.63) is 72.2 Å². The summed E-state index contributed by atoms with van der Waals surface area (Å²) in [5.74, 6) is 0.931. The van der Waals surface area contributed by atoms with Crippen LogP contribution in [0.4, 0.5) is 0 Å². The van der Waals surface area contributed by atoms with Gasteiger partial charge in [0.1, 0.15) is 5.76 Å². The van der Waals surface area contributed by atoms with E-state index < -0.39 is 0 Å². The fraction of sp³-hybridized carbons (Fsp3) is 0.360. The van der Waals surface area contributed by atoms with Crippen molar-refractivity contribution < 1.29 is 9.21 Å². The summed E-state index contributed by atoms with van der Waals surface area (Å²) in [4.78, 5) is 19.2. The number of furan rings is 1. The van der Waals surface area contributed by atoms with Crippen molar-refractivity contribution in [2.75, 3.05) is 39.3 Å². The molecule has 0 aliphatic carbocycles. The van der Waals surface area contributed by atoms with Crippen molar-refractivity contribution in [3.8, 4) is 6.07 Å². The van der Waals surface area contributed by atoms with Gasteiger partial charge in [-0.3, -0.25) is 14.6 Å². The molecular weight excluding hydrogens is 388 g/mol. The lowest BCUT2D eigenvalue weighted by Gasteiger charge is -2.36. The van der Waals surface area contributed by atoms with Crippen LogP contribution in [0.3, 0.4) is 0 Å². The predicted molar refractivity (Wildman–Crippen MR) is 120 cm³/mol. The highest BCUT2D eigenvalue weighted by Crippen LogP contribution is 2.20. The van der Waals surface area contributed by atoms with Gasteiger partial charge in [0.15, 0.2) is 0 Å². The summed E-state index contributed by atoms with van der Waals surface area (Å²) < 4.78 is 5.42. The second kappa shape index (κ2) is 10.3. The summed E-state index contributed by atoms with van der Waals surface area (Å²) in [5.41, 5.74) is 1.33. The smallest absolute Gasteiger partial charge is 0.236 e. The van der Waals surface area contributed by atoms with E-state index in [1.165, 1.54) is 16.3 Å². The Morgan fingerprint density at radius 1 is 1.03 bits per heavy atom. The summed E-state index contributed by atoms with van der Waals surface area (Å²) in [7, 11) is 0. The summed E-state index contributed by atoms with van der Waals surface area (Å²) >= 11 is 0. The summed E-state index contributed by atoms with van der Waals surface area (Å²) in [6, 6.07) is 20.9. The normalized spacial score (nSPS) is 14.8. The number of piperazine rings is 1. The molecule has 3 aromatic rings. The van der Waals surface area contributed by atoms with Crippen LogP contribution in [0.15, 0.2) is 65.3 Å². The van der Waals surface area contributed by atoms with Crippen molar-refractivity contribution in [1.82, 2.24) is 14.7 Å². The van der Waals surface area contributed by atoms with Gasteiger partial charge >= 0.3 is 0 Å². The molecule has 6 nitrogen and oxygen atoms in total. The van der Waals surface area contributed by atoms with Gasteiger partial charge in [-0.25, -0.2) is 0 Å². The molecule has 0 saturated carbocycles. The maximum atomic E-state index is 12.9. The van der Waals surface area contributed by atoms with E-state index in [2.05, 4.69) is 53.4 Å². The Hall–Kier alpha value is -3.14. The molecule has 0 N–H and O–H groups in total. The lowest BCUT2D eigenvalue weighted by molar-refractivity contribution is -0.134. The molecule has 2 aromatic carbocycles. The molecule has 0 spiro atoms. The monoisotopic (exact) mass is 416 g/mol. The Morgan fingerprint density at radius 3 is 2.61 bits per heavy atom. The molecule has 1 saturated heterocycles. The number of hydrogen-bond donors (Lipinski definition) is 0. The van der Waals surface area contributed by atoms with E-state index in [0.29, 0.717) is 26.1 Å². The zero-order valence-electron chi connectivity index (χ0n) is 17.7. The van der Waals surface area contributed by atoms with E-state index in [-0.39, 0.29) is 5.91 Å². The lowest BCUT2D eigenvalue weighted by Crippen LogP contribution is -2.50. The Labute approximate surface area is 183 Å². The lowest BCUT2D eigenvalue weighted by atomic mass is 10.0. The molecule has 4 rings (SSSR count). The maximum Gasteiger partial charge on any atom is 0.236 e. The first-order chi connectivity index (χ1) is 15.2. The average molecular weight is 417 g/mol. The Kier molecular flexibility index (Phi) is 6.98. The maximum absolute atomic E-state index is 12.9. The van der Waals surface area contributed by atoms with Gasteiger partial charge in [-0.2, -0.15) is 5.26 Å². The zero-order valence-corrected chi connectivity index (χ0v) is 17.7. The van der Waals surface area contributed by atoms with Crippen molar-refractivity contribution in [2.45, 2.75) is 19.5 Å². The molecule has 0 bridgehead atoms. The third kappa shape index (κ3) is 5.52. The third-order valence-corrected chi connectivity index (χ3v) is 5.86. The molecule has 1 amide bonds. The molecule has 0 unspecified atom stereocenters. The quantitative estimate of drug-likeness (QED) is 0.562. The fourth-order valence-electron chi connectivity index (χ4n) is 4.16. The van der Waals surface area contributed by atoms with E-state index in [0.717, 1.165) is 38.5 Å². The zero-order chi connectivity index (χ0) is 21.5. The second-order valence-electron chi connectivity index (χ2n) is 7.99. The molecular formula is C25H28N4O2. The number of carbonyl (C=O) groups excluding carboxylic acids is 1. The summed E-state index contributed by atoms with van der Waals surface area (Å²) in [5, 5.41) is 11.5. The van der Waals surface area contributed by atoms with Crippen LogP contribution >= 0.6 is 0 Å². The van der Waals surface area contributed by atoms with Crippen LogP contribution in [0.1, 0.15) is 17.7 Å². The number of carbonyl (C=O) groups is 1. The van der Waals surface area contributed by atoms with Crippen LogP contribution in [0.25, 0.3) is 10.8 Å². The SMILES string of the molecule is N#CCCN(CC(=O)N1CCN(Cc2cccc3ccccc23)CC1)Cc1ccco1. The van der Waals surface area contributed by atoms with Crippen molar-refractivity contribution in [2.24, 2.45) is 0 Å². The number of nitriles is 1. The van der Waals surface area contributed by atoms with Crippen LogP contribution in [0, 0.1) is 11.3 Å². The highest BCUT2D eigenvalue weighted by atomic mass is 16.3. The first-order valence-corrected chi connectivity index (χ1v) is 10.8. The van der Waals surface area contributed by atoms with E-state index >= 15 is 0 Å². The molecule has 31 heavy (non-hydrogen) atoms. The first kappa shape index (κ1) is 21.1. The largest absolute Gasteiger partial charge is 0.468 e. The first-order valence-electron chi connectivity index (χ1n) is 10.8. The standard InChI is InChI=1S/C25H28N4O2/c26-11-5-12-28(19-23-9-4-17-31-23)20-25(30)29-15-13-27(14-16-29)18-22-8-3-7-21-6-1-2-10-24(21)22/h1-4,6-10,17H,5,12-16,18-20H2. The predicted octanol–water partition coefficient (Wildman–Crippen LogP) is 3.49. The molecule has 6 heteroatoms. The van der Waals surface area contributed by atoms with Crippen LogP contribution in [-0.2, 0) is 17.9 Å². The van der Waals surface area contributed by atoms with Gasteiger partial charge in [-0.05, 0) is 28.5 Å². The third-order valence-electron chi connectivity index (χ3n) is 5.86. The molecule has 0 radical (unpaired) electrons. The Morgan fingerprint density at radius 2 is 1.84 bits per heavy atom. The van der Waals surface area contributed by atoms with Crippen LogP contribution in [0.5, 0.6) is 0 Å². The second-order valence-corrected chi connectivity index (χ2v) is 7.99. The van der Waals surface area contributed by atoms with Gasteiger partial charge in [-0.15, -0.1) is 0 Å². The fourth-order valence-corrected chi connectivity index (χ4v) is 4.16. The number of hydrogen-bond acceptors (Lipinski definition) is 5. The van der Waals surface area contributed by atoms with Gasteiger partial charge in [0.05, 0.1) is 25.4 Å². The van der Waals surface area contributed by atoms with E-state index in [1.54, 1.807) is 6.26 Å². The van der Waals surface area contributed by atoms with Gasteiger partial charge in [0.2, 0.25) is 5.91 Å². The van der Waals surface area contributed by atoms with Crippen molar-refractivity contribution in [3.63, 3.8) is 0 Å². The highest BCUT2D eigenvalue weighted by molar-refractivity contribution is 5.85. The summed E-state index contributed by atoms with van der Waals surface area (Å²) in [6.07, 6.45) is 2.03. The molecule has 1 aromatic heterocycles. The number of amides is 1. The van der Waals surface area contributed by atoms with Gasteiger partial charge in [0, 0.05) is 45.7 Å². The Bertz CT molecular complexity index is 1030. The number of nitrogens with zero attached hydrogens (tertiary/aromatic N) is 4. The average Bonchev–Trinajstić information content (AvgIpc) is 3.31. The molecule has 1 aliphatic heterocycles. The minimum atomic E-state index is 0.120. The van der Waals surface area contributed by atoms with Crippen LogP contribution < -0.4 is 0 Å². The summed E-state index contributed by atoms with van der Waals surface area (Å²) in [6.45, 7) is 5.51. The molecule has 1 fully saturated rings. The van der Waals surface area contributed by atoms with Crippen LogP contribution in [0.2, 0.25) is 0 Å². The number of rotatable bonds is 8. The number of fused-ring (bicyclic) bond motifs is 1. The topological polar surface area (TPSA) is 63.7 Å². The van der Waals surface area contributed by atoms with Crippen molar-refractivity contribution >= 4 is 16.7 Å². The number of benzene rings is 2. The van der Waals surface area contributed by atoms with Gasteiger partial charge in [0.25, 0.3) is 0 Å². The molecule has 1 aliphatic rings. The van der Waals surface area contributed by atoms with E-state index in [4.69, 9.17) is 9.68 Å². The van der Waals surface area contributed by atoms with Gasteiger partial charge < -0.3 is 9.32 Å². The van der Waals surface area contributed by atoms with E-state index in [9.17, 15) is 4.79 Å². The minimum Gasteiger partial charge on any atom is -0.468 e. The van der Waals surface area contributed by atoms with Crippen LogP contribution in [-0.4, -0.2) is 59.9 Å². The molecule has 0 atom stereocenters.